The highest BCUT2D eigenvalue weighted by molar-refractivity contribution is 5.76. The lowest BCUT2D eigenvalue weighted by molar-refractivity contribution is -0.122. The molecule has 0 aliphatic carbocycles. The number of hydrogen-bond donors (Lipinski definition) is 4. The van der Waals surface area contributed by atoms with Crippen molar-refractivity contribution in [3.8, 4) is 0 Å². The Balaban J connectivity index is 0.000000211. The van der Waals surface area contributed by atoms with Crippen molar-refractivity contribution < 1.29 is 18.4 Å². The quantitative estimate of drug-likeness (QED) is 0.430. The molecule has 208 valence electrons. The van der Waals surface area contributed by atoms with Crippen LogP contribution in [0.1, 0.15) is 86.7 Å². The number of nitrogens with one attached hydrogen (secondary N) is 4. The lowest BCUT2D eigenvalue weighted by atomic mass is 9.91. The van der Waals surface area contributed by atoms with Crippen LogP contribution in [0.15, 0.2) is 36.4 Å². The summed E-state index contributed by atoms with van der Waals surface area (Å²) in [6.45, 7) is 9.31. The Labute approximate surface area is 225 Å². The number of carbonyl (C=O) groups is 2. The van der Waals surface area contributed by atoms with Crippen molar-refractivity contribution >= 4 is 11.8 Å². The van der Waals surface area contributed by atoms with E-state index in [0.717, 1.165) is 61.0 Å². The van der Waals surface area contributed by atoms with E-state index < -0.39 is 0 Å². The molecule has 0 aromatic heterocycles. The van der Waals surface area contributed by atoms with Crippen molar-refractivity contribution in [2.24, 2.45) is 0 Å². The number of piperidine rings is 2. The third-order valence-electron chi connectivity index (χ3n) is 7.39. The van der Waals surface area contributed by atoms with Gasteiger partial charge in [0.2, 0.25) is 11.8 Å². The molecule has 2 aliphatic rings. The fraction of sp³-hybridized carbons (Fsp3) is 0.533. The normalized spacial score (nSPS) is 23.1. The van der Waals surface area contributed by atoms with Gasteiger partial charge in [-0.3, -0.25) is 9.59 Å². The zero-order valence-corrected chi connectivity index (χ0v) is 23.0. The topological polar surface area (TPSA) is 82.3 Å². The van der Waals surface area contributed by atoms with E-state index in [1.54, 1.807) is 12.1 Å². The molecule has 38 heavy (non-hydrogen) atoms. The molecule has 2 saturated heterocycles. The first-order valence-electron chi connectivity index (χ1n) is 13.8. The molecule has 0 unspecified atom stereocenters. The minimum Gasteiger partial charge on any atom is -0.353 e. The van der Waals surface area contributed by atoms with E-state index in [0.29, 0.717) is 12.8 Å². The average molecular weight is 529 g/mol. The standard InChI is InChI=1S/2C15H21FN2O/c2*1-3-15(19)18-12-6-7-17-14(9-12)13-5-4-11(16)8-10(13)2/h2*4-5,8,12,14,17H,3,6-7,9H2,1-2H3,(H,18,19)/t2*12-,14-/m10/s1. The first-order chi connectivity index (χ1) is 18.2. The summed E-state index contributed by atoms with van der Waals surface area (Å²) in [6, 6.07) is 10.6. The smallest absolute Gasteiger partial charge is 0.219 e. The molecule has 0 bridgehead atoms. The first-order valence-corrected chi connectivity index (χ1v) is 13.8. The van der Waals surface area contributed by atoms with Crippen LogP contribution < -0.4 is 21.3 Å². The van der Waals surface area contributed by atoms with Gasteiger partial charge in [0, 0.05) is 37.0 Å². The van der Waals surface area contributed by atoms with Crippen LogP contribution in [-0.4, -0.2) is 37.0 Å². The second-order valence-electron chi connectivity index (χ2n) is 10.3. The van der Waals surface area contributed by atoms with Crippen molar-refractivity contribution in [2.45, 2.75) is 90.4 Å². The van der Waals surface area contributed by atoms with Gasteiger partial charge in [-0.25, -0.2) is 8.78 Å². The van der Waals surface area contributed by atoms with Crippen molar-refractivity contribution in [2.75, 3.05) is 13.1 Å². The Morgan fingerprint density at radius 2 is 1.16 bits per heavy atom. The maximum Gasteiger partial charge on any atom is 0.219 e. The van der Waals surface area contributed by atoms with Gasteiger partial charge in [-0.2, -0.15) is 0 Å². The predicted octanol–water partition coefficient (Wildman–Crippen LogP) is 4.91. The molecular weight excluding hydrogens is 486 g/mol. The van der Waals surface area contributed by atoms with Gasteiger partial charge < -0.3 is 21.3 Å². The lowest BCUT2D eigenvalue weighted by Gasteiger charge is -2.32. The van der Waals surface area contributed by atoms with Crippen molar-refractivity contribution in [3.63, 3.8) is 0 Å². The Morgan fingerprint density at radius 1 is 0.763 bits per heavy atom. The molecule has 8 heteroatoms. The van der Waals surface area contributed by atoms with Gasteiger partial charge in [0.05, 0.1) is 0 Å². The third kappa shape index (κ3) is 8.60. The summed E-state index contributed by atoms with van der Waals surface area (Å²) in [7, 11) is 0. The van der Waals surface area contributed by atoms with Crippen LogP contribution in [0, 0.1) is 25.5 Å². The van der Waals surface area contributed by atoms with Gasteiger partial charge in [-0.05, 0) is 99.1 Å². The molecule has 4 N–H and O–H groups in total. The number of amides is 2. The molecule has 4 atom stereocenters. The summed E-state index contributed by atoms with van der Waals surface area (Å²) in [5.41, 5.74) is 4.16. The largest absolute Gasteiger partial charge is 0.353 e. The number of rotatable bonds is 6. The number of aryl methyl sites for hydroxylation is 2. The van der Waals surface area contributed by atoms with E-state index >= 15 is 0 Å². The molecule has 2 aromatic carbocycles. The van der Waals surface area contributed by atoms with Gasteiger partial charge in [-0.15, -0.1) is 0 Å². The second kappa shape index (κ2) is 14.4. The second-order valence-corrected chi connectivity index (χ2v) is 10.3. The van der Waals surface area contributed by atoms with Crippen LogP contribution in [0.25, 0.3) is 0 Å². The van der Waals surface area contributed by atoms with E-state index in [1.165, 1.54) is 12.1 Å². The maximum absolute atomic E-state index is 13.1. The van der Waals surface area contributed by atoms with Gasteiger partial charge >= 0.3 is 0 Å². The van der Waals surface area contributed by atoms with Crippen LogP contribution in [0.2, 0.25) is 0 Å². The Hall–Kier alpha value is -2.84. The minimum atomic E-state index is -0.201. The van der Waals surface area contributed by atoms with E-state index in [-0.39, 0.29) is 47.6 Å². The Bertz CT molecular complexity index is 1010. The zero-order valence-electron chi connectivity index (χ0n) is 23.0. The first kappa shape index (κ1) is 29.7. The number of carbonyl (C=O) groups excluding carboxylic acids is 2. The van der Waals surface area contributed by atoms with Crippen LogP contribution >= 0.6 is 0 Å². The molecule has 4 rings (SSSR count). The molecule has 0 spiro atoms. The molecule has 2 aliphatic heterocycles. The monoisotopic (exact) mass is 528 g/mol. The zero-order chi connectivity index (χ0) is 27.7. The van der Waals surface area contributed by atoms with Crippen molar-refractivity contribution in [3.05, 3.63) is 70.3 Å². The van der Waals surface area contributed by atoms with Crippen LogP contribution in [0.3, 0.4) is 0 Å². The molecule has 2 fully saturated rings. The fourth-order valence-electron chi connectivity index (χ4n) is 5.29. The summed E-state index contributed by atoms with van der Waals surface area (Å²) in [5, 5.41) is 13.0. The maximum atomic E-state index is 13.1. The van der Waals surface area contributed by atoms with E-state index in [4.69, 9.17) is 0 Å². The van der Waals surface area contributed by atoms with Crippen molar-refractivity contribution in [1.82, 2.24) is 21.3 Å². The van der Waals surface area contributed by atoms with Gasteiger partial charge in [0.25, 0.3) is 0 Å². The molecule has 2 aromatic rings. The number of hydrogen-bond acceptors (Lipinski definition) is 4. The summed E-state index contributed by atoms with van der Waals surface area (Å²) >= 11 is 0. The molecule has 0 radical (unpaired) electrons. The van der Waals surface area contributed by atoms with E-state index in [9.17, 15) is 18.4 Å². The van der Waals surface area contributed by atoms with E-state index in [2.05, 4.69) is 21.3 Å². The summed E-state index contributed by atoms with van der Waals surface area (Å²) in [6.07, 6.45) is 4.65. The van der Waals surface area contributed by atoms with Crippen LogP contribution in [0.4, 0.5) is 8.78 Å². The summed E-state index contributed by atoms with van der Waals surface area (Å²) in [5.74, 6) is -0.205. The molecule has 2 amide bonds. The summed E-state index contributed by atoms with van der Waals surface area (Å²) in [4.78, 5) is 22.9. The fourth-order valence-corrected chi connectivity index (χ4v) is 5.29. The SMILES string of the molecule is CCC(=O)N[C@@H]1CCN[C@@H](c2ccc(F)cc2C)C1.CCC(=O)N[C@H]1CCN[C@H](c2ccc(F)cc2C)C1. The summed E-state index contributed by atoms with van der Waals surface area (Å²) < 4.78 is 26.3. The third-order valence-corrected chi connectivity index (χ3v) is 7.39. The van der Waals surface area contributed by atoms with Crippen LogP contribution in [0.5, 0.6) is 0 Å². The van der Waals surface area contributed by atoms with Gasteiger partial charge in [0.1, 0.15) is 11.6 Å². The van der Waals surface area contributed by atoms with Gasteiger partial charge in [-0.1, -0.05) is 26.0 Å². The molecule has 6 nitrogen and oxygen atoms in total. The minimum absolute atomic E-state index is 0.0986. The number of benzene rings is 2. The number of halogens is 2. The molecular formula is C30H42F2N4O2. The van der Waals surface area contributed by atoms with Crippen molar-refractivity contribution in [1.29, 1.82) is 0 Å². The van der Waals surface area contributed by atoms with Gasteiger partial charge in [0.15, 0.2) is 0 Å². The highest BCUT2D eigenvalue weighted by atomic mass is 19.1. The Kier molecular flexibility index (Phi) is 11.2. The Morgan fingerprint density at radius 3 is 1.50 bits per heavy atom. The van der Waals surface area contributed by atoms with E-state index in [1.807, 2.05) is 39.8 Å². The molecule has 0 saturated carbocycles. The van der Waals surface area contributed by atoms with Crippen LogP contribution in [-0.2, 0) is 9.59 Å². The average Bonchev–Trinajstić information content (AvgIpc) is 2.89. The highest BCUT2D eigenvalue weighted by Gasteiger charge is 2.25. The predicted molar refractivity (Wildman–Crippen MR) is 147 cm³/mol. The lowest BCUT2D eigenvalue weighted by Crippen LogP contribution is -2.44. The molecule has 2 heterocycles. The highest BCUT2D eigenvalue weighted by Crippen LogP contribution is 2.27.